The Kier molecular flexibility index (Phi) is 7.98. The lowest BCUT2D eigenvalue weighted by atomic mass is 9.68. The van der Waals surface area contributed by atoms with Crippen LogP contribution in [0.2, 0.25) is 0 Å². The van der Waals surface area contributed by atoms with Crippen LogP contribution in [0.4, 0.5) is 22.0 Å². The van der Waals surface area contributed by atoms with E-state index in [1.165, 1.54) is 38.5 Å². The van der Waals surface area contributed by atoms with Gasteiger partial charge in [0.05, 0.1) is 0 Å². The summed E-state index contributed by atoms with van der Waals surface area (Å²) >= 11 is 0. The lowest BCUT2D eigenvalue weighted by molar-refractivity contribution is -0.142. The molecule has 0 heterocycles. The number of hydrogen-bond donors (Lipinski definition) is 0. The van der Waals surface area contributed by atoms with Gasteiger partial charge in [-0.25, -0.2) is 8.78 Å². The quantitative estimate of drug-likeness (QED) is 0.314. The second kappa shape index (κ2) is 10.3. The number of rotatable bonds is 6. The van der Waals surface area contributed by atoms with Gasteiger partial charge in [0, 0.05) is 0 Å². The first-order valence-electron chi connectivity index (χ1n) is 11.5. The van der Waals surface area contributed by atoms with Gasteiger partial charge in [-0.1, -0.05) is 31.9 Å². The molecule has 2 fully saturated rings. The van der Waals surface area contributed by atoms with E-state index in [0.717, 1.165) is 56.1 Å². The zero-order chi connectivity index (χ0) is 21.7. The normalized spacial score (nSPS) is 28.2. The Hall–Kier alpha value is -1.39. The molecule has 1 aromatic carbocycles. The molecule has 2 aliphatic carbocycles. The number of benzene rings is 1. The molecule has 0 N–H and O–H groups in total. The minimum Gasteiger partial charge on any atom is -0.206 e. The Bertz CT molecular complexity index is 682. The van der Waals surface area contributed by atoms with E-state index in [1.807, 2.05) is 0 Å². The summed E-state index contributed by atoms with van der Waals surface area (Å²) in [5, 5.41) is 0. The third-order valence-electron chi connectivity index (χ3n) is 7.29. The van der Waals surface area contributed by atoms with E-state index in [-0.39, 0.29) is 5.92 Å². The Balaban J connectivity index is 1.49. The van der Waals surface area contributed by atoms with Crippen molar-refractivity contribution in [1.82, 2.24) is 0 Å². The van der Waals surface area contributed by atoms with Gasteiger partial charge in [0.1, 0.15) is 17.2 Å². The topological polar surface area (TPSA) is 0 Å². The molecule has 0 radical (unpaired) electrons. The van der Waals surface area contributed by atoms with Crippen molar-refractivity contribution in [2.45, 2.75) is 89.6 Å². The number of alkyl halides is 3. The molecule has 1 aromatic rings. The number of halogens is 5. The SMILES string of the molecule is CC/C=C/CCC1CCC(C2CCC(c3cc(F)c(C(F)(F)F)c(F)c3)CC2)CC1. The van der Waals surface area contributed by atoms with E-state index in [4.69, 9.17) is 0 Å². The molecular weight excluding hydrogens is 395 g/mol. The van der Waals surface area contributed by atoms with Crippen molar-refractivity contribution in [2.75, 3.05) is 0 Å². The summed E-state index contributed by atoms with van der Waals surface area (Å²) < 4.78 is 66.2. The minimum atomic E-state index is -5.00. The standard InChI is InChI=1S/C25H33F5/c1-2-3-4-5-6-17-7-9-18(10-8-17)19-11-13-20(14-12-19)21-15-22(26)24(23(27)16-21)25(28,29)30/h3-4,15-20H,2,5-14H2,1H3/b4-3+. The largest absolute Gasteiger partial charge is 0.422 e. The third kappa shape index (κ3) is 5.85. The second-order valence-electron chi connectivity index (χ2n) is 9.21. The lowest BCUT2D eigenvalue weighted by Gasteiger charge is -2.38. The minimum absolute atomic E-state index is 0.0470. The van der Waals surface area contributed by atoms with Crippen LogP contribution in [0.3, 0.4) is 0 Å². The van der Waals surface area contributed by atoms with Gasteiger partial charge in [0.15, 0.2) is 0 Å². The van der Waals surface area contributed by atoms with Crippen LogP contribution in [0.15, 0.2) is 24.3 Å². The fraction of sp³-hybridized carbons (Fsp3) is 0.680. The summed E-state index contributed by atoms with van der Waals surface area (Å²) in [5.41, 5.74) is -1.40. The first-order valence-corrected chi connectivity index (χ1v) is 11.5. The Morgan fingerprint density at radius 3 is 1.87 bits per heavy atom. The van der Waals surface area contributed by atoms with Crippen LogP contribution < -0.4 is 0 Å². The molecule has 0 unspecified atom stereocenters. The molecule has 30 heavy (non-hydrogen) atoms. The molecule has 0 spiro atoms. The summed E-state index contributed by atoms with van der Waals surface area (Å²) in [6.07, 6.45) is 11.8. The fourth-order valence-electron chi connectivity index (χ4n) is 5.59. The van der Waals surface area contributed by atoms with Gasteiger partial charge in [-0.2, -0.15) is 13.2 Å². The monoisotopic (exact) mass is 428 g/mol. The van der Waals surface area contributed by atoms with Crippen LogP contribution in [-0.4, -0.2) is 0 Å². The molecule has 0 aliphatic heterocycles. The maximum atomic E-state index is 13.9. The maximum absolute atomic E-state index is 13.9. The van der Waals surface area contributed by atoms with Gasteiger partial charge in [-0.15, -0.1) is 0 Å². The number of allylic oxidation sites excluding steroid dienone is 2. The first-order chi connectivity index (χ1) is 14.3. The van der Waals surface area contributed by atoms with Crippen molar-refractivity contribution in [2.24, 2.45) is 17.8 Å². The van der Waals surface area contributed by atoms with E-state index in [2.05, 4.69) is 19.1 Å². The summed E-state index contributed by atoms with van der Waals surface area (Å²) in [5.74, 6) is -0.828. The number of hydrogen-bond acceptors (Lipinski definition) is 0. The molecule has 3 rings (SSSR count). The summed E-state index contributed by atoms with van der Waals surface area (Å²) in [6.45, 7) is 2.15. The molecule has 0 amide bonds. The van der Waals surface area contributed by atoms with Crippen LogP contribution in [0.1, 0.15) is 94.6 Å². The predicted molar refractivity (Wildman–Crippen MR) is 110 cm³/mol. The Labute approximate surface area is 176 Å². The molecule has 0 saturated heterocycles. The molecule has 168 valence electrons. The van der Waals surface area contributed by atoms with Gasteiger partial charge in [0.2, 0.25) is 0 Å². The van der Waals surface area contributed by atoms with E-state index < -0.39 is 23.4 Å². The van der Waals surface area contributed by atoms with Gasteiger partial charge < -0.3 is 0 Å². The summed E-state index contributed by atoms with van der Waals surface area (Å²) in [6, 6.07) is 1.80. The summed E-state index contributed by atoms with van der Waals surface area (Å²) in [7, 11) is 0. The Morgan fingerprint density at radius 2 is 1.37 bits per heavy atom. The summed E-state index contributed by atoms with van der Waals surface area (Å²) in [4.78, 5) is 0. The highest BCUT2D eigenvalue weighted by Crippen LogP contribution is 2.45. The van der Waals surface area contributed by atoms with Crippen molar-refractivity contribution in [3.63, 3.8) is 0 Å². The molecule has 0 aromatic heterocycles. The molecule has 0 bridgehead atoms. The van der Waals surface area contributed by atoms with E-state index in [1.54, 1.807) is 0 Å². The molecule has 0 nitrogen and oxygen atoms in total. The highest BCUT2D eigenvalue weighted by molar-refractivity contribution is 5.30. The molecule has 2 aliphatic rings. The average molecular weight is 429 g/mol. The highest BCUT2D eigenvalue weighted by atomic mass is 19.4. The lowest BCUT2D eigenvalue weighted by Crippen LogP contribution is -2.25. The zero-order valence-corrected chi connectivity index (χ0v) is 17.8. The average Bonchev–Trinajstić information content (AvgIpc) is 2.70. The van der Waals surface area contributed by atoms with Crippen LogP contribution in [0, 0.1) is 29.4 Å². The van der Waals surface area contributed by atoms with E-state index in [0.29, 0.717) is 11.5 Å². The van der Waals surface area contributed by atoms with Gasteiger partial charge in [0.25, 0.3) is 0 Å². The van der Waals surface area contributed by atoms with Crippen molar-refractivity contribution in [3.8, 4) is 0 Å². The Morgan fingerprint density at radius 1 is 0.833 bits per heavy atom. The van der Waals surface area contributed by atoms with E-state index in [9.17, 15) is 22.0 Å². The fourth-order valence-corrected chi connectivity index (χ4v) is 5.59. The maximum Gasteiger partial charge on any atom is 0.422 e. The van der Waals surface area contributed by atoms with Gasteiger partial charge in [-0.05, 0) is 99.2 Å². The molecular formula is C25H33F5. The van der Waals surface area contributed by atoms with Crippen molar-refractivity contribution in [1.29, 1.82) is 0 Å². The van der Waals surface area contributed by atoms with Crippen molar-refractivity contribution < 1.29 is 22.0 Å². The predicted octanol–water partition coefficient (Wildman–Crippen LogP) is 8.81. The zero-order valence-electron chi connectivity index (χ0n) is 17.8. The van der Waals surface area contributed by atoms with Gasteiger partial charge in [-0.3, -0.25) is 0 Å². The smallest absolute Gasteiger partial charge is 0.206 e. The van der Waals surface area contributed by atoms with Crippen LogP contribution >= 0.6 is 0 Å². The van der Waals surface area contributed by atoms with Crippen LogP contribution in [0.25, 0.3) is 0 Å². The second-order valence-corrected chi connectivity index (χ2v) is 9.21. The third-order valence-corrected chi connectivity index (χ3v) is 7.29. The molecule has 2 saturated carbocycles. The van der Waals surface area contributed by atoms with Crippen molar-refractivity contribution >= 4 is 0 Å². The highest BCUT2D eigenvalue weighted by Gasteiger charge is 2.39. The van der Waals surface area contributed by atoms with Gasteiger partial charge >= 0.3 is 6.18 Å². The molecule has 5 heteroatoms. The van der Waals surface area contributed by atoms with E-state index >= 15 is 0 Å². The first kappa shape index (κ1) is 23.3. The van der Waals surface area contributed by atoms with Crippen LogP contribution in [-0.2, 0) is 6.18 Å². The van der Waals surface area contributed by atoms with Crippen molar-refractivity contribution in [3.05, 3.63) is 47.0 Å². The molecule has 0 atom stereocenters. The van der Waals surface area contributed by atoms with Crippen LogP contribution in [0.5, 0.6) is 0 Å².